The van der Waals surface area contributed by atoms with E-state index in [1.54, 1.807) is 16.7 Å². The van der Waals surface area contributed by atoms with Crippen LogP contribution in [0, 0.1) is 52.8 Å². The first-order chi connectivity index (χ1) is 16.8. The maximum absolute atomic E-state index is 4.89. The van der Waals surface area contributed by atoms with Gasteiger partial charge >= 0.3 is 0 Å². The molecule has 7 atom stereocenters. The molecule has 6 aliphatic rings. The molecule has 0 amide bonds. The molecule has 6 rings (SSSR count). The van der Waals surface area contributed by atoms with Crippen molar-refractivity contribution in [3.63, 3.8) is 0 Å². The van der Waals surface area contributed by atoms with Crippen molar-refractivity contribution in [2.24, 2.45) is 52.8 Å². The van der Waals surface area contributed by atoms with Crippen molar-refractivity contribution < 1.29 is 0 Å². The molecule has 6 aliphatic carbocycles. The lowest BCUT2D eigenvalue weighted by molar-refractivity contribution is -0.106. The molecule has 0 aromatic rings. The zero-order valence-corrected chi connectivity index (χ0v) is 23.8. The number of hydrogen-bond acceptors (Lipinski definition) is 0. The maximum atomic E-state index is 4.89. The molecule has 0 nitrogen and oxygen atoms in total. The fraction of sp³-hybridized carbons (Fsp3) is 0.771. The summed E-state index contributed by atoms with van der Waals surface area (Å²) in [6, 6.07) is 0. The van der Waals surface area contributed by atoms with Crippen LogP contribution < -0.4 is 0 Å². The standard InChI is InChI=1S/C35H54/c1-8-29(24(6)31-18-26-20-35(9-2,21-26)34(31)22(3)4)32-19-27-14-10-11-16-30(27)25(7)33(32)28-15-12-13-23(5)17-28/h15,23-24,26-27,29-31,34H,3,7-14,16-21H2,1-2,4-6H3. The summed E-state index contributed by atoms with van der Waals surface area (Å²) in [6.07, 6.45) is 20.6. The predicted octanol–water partition coefficient (Wildman–Crippen LogP) is 10.5. The van der Waals surface area contributed by atoms with Crippen LogP contribution in [-0.4, -0.2) is 0 Å². The summed E-state index contributed by atoms with van der Waals surface area (Å²) in [5.41, 5.74) is 8.82. The molecule has 194 valence electrons. The van der Waals surface area contributed by atoms with Crippen molar-refractivity contribution in [3.05, 3.63) is 47.1 Å². The lowest BCUT2D eigenvalue weighted by Crippen LogP contribution is -2.54. The van der Waals surface area contributed by atoms with Crippen LogP contribution in [0.5, 0.6) is 0 Å². The van der Waals surface area contributed by atoms with Crippen LogP contribution in [0.15, 0.2) is 47.1 Å². The Morgan fingerprint density at radius 2 is 1.86 bits per heavy atom. The third kappa shape index (κ3) is 4.38. The monoisotopic (exact) mass is 474 g/mol. The van der Waals surface area contributed by atoms with Gasteiger partial charge < -0.3 is 0 Å². The van der Waals surface area contributed by atoms with Crippen LogP contribution in [0.1, 0.15) is 118 Å². The van der Waals surface area contributed by atoms with Crippen molar-refractivity contribution in [3.8, 4) is 0 Å². The van der Waals surface area contributed by atoms with Crippen LogP contribution in [-0.2, 0) is 0 Å². The van der Waals surface area contributed by atoms with E-state index in [9.17, 15) is 0 Å². The molecular weight excluding hydrogens is 420 g/mol. The van der Waals surface area contributed by atoms with E-state index >= 15 is 0 Å². The lowest BCUT2D eigenvalue weighted by Gasteiger charge is -2.63. The van der Waals surface area contributed by atoms with E-state index in [0.29, 0.717) is 11.3 Å². The molecule has 0 heterocycles. The summed E-state index contributed by atoms with van der Waals surface area (Å²) in [5, 5.41) is 0. The Morgan fingerprint density at radius 1 is 1.11 bits per heavy atom. The van der Waals surface area contributed by atoms with Gasteiger partial charge in [-0.3, -0.25) is 0 Å². The van der Waals surface area contributed by atoms with Crippen molar-refractivity contribution in [1.29, 1.82) is 0 Å². The largest absolute Gasteiger partial charge is 0.0998 e. The number of fused-ring (bicyclic) bond motifs is 3. The average molecular weight is 475 g/mol. The zero-order chi connectivity index (χ0) is 24.9. The fourth-order valence-corrected chi connectivity index (χ4v) is 10.4. The van der Waals surface area contributed by atoms with Crippen LogP contribution in [0.3, 0.4) is 0 Å². The van der Waals surface area contributed by atoms with E-state index in [1.165, 1.54) is 89.0 Å². The van der Waals surface area contributed by atoms with Crippen molar-refractivity contribution >= 4 is 0 Å². The highest BCUT2D eigenvalue weighted by Gasteiger charge is 2.57. The molecule has 0 saturated heterocycles. The normalized spacial score (nSPS) is 40.9. The van der Waals surface area contributed by atoms with Gasteiger partial charge in [0.25, 0.3) is 0 Å². The van der Waals surface area contributed by atoms with E-state index in [4.69, 9.17) is 6.58 Å². The summed E-state index contributed by atoms with van der Waals surface area (Å²) in [4.78, 5) is 0. The van der Waals surface area contributed by atoms with Crippen LogP contribution in [0.4, 0.5) is 0 Å². The first-order valence-electron chi connectivity index (χ1n) is 15.6. The number of rotatable bonds is 7. The third-order valence-electron chi connectivity index (χ3n) is 11.9. The second-order valence-electron chi connectivity index (χ2n) is 14.0. The molecule has 0 aromatic carbocycles. The van der Waals surface area contributed by atoms with Crippen molar-refractivity contribution in [1.82, 2.24) is 0 Å². The molecule has 7 unspecified atom stereocenters. The molecule has 4 saturated carbocycles. The molecule has 0 spiro atoms. The quantitative estimate of drug-likeness (QED) is 0.322. The van der Waals surface area contributed by atoms with E-state index in [1.807, 2.05) is 5.57 Å². The smallest absolute Gasteiger partial charge is 0.0121 e. The molecule has 0 aromatic heterocycles. The topological polar surface area (TPSA) is 0 Å². The Bertz CT molecular complexity index is 889. The molecule has 35 heavy (non-hydrogen) atoms. The van der Waals surface area contributed by atoms with Crippen molar-refractivity contribution in [2.45, 2.75) is 118 Å². The first kappa shape index (κ1) is 25.6. The minimum absolute atomic E-state index is 0.565. The Hall–Kier alpha value is -1.04. The fourth-order valence-electron chi connectivity index (χ4n) is 10.4. The molecule has 0 heteroatoms. The van der Waals surface area contributed by atoms with Gasteiger partial charge in [-0.25, -0.2) is 0 Å². The highest BCUT2D eigenvalue weighted by atomic mass is 14.6. The Labute approximate surface area is 217 Å². The van der Waals surface area contributed by atoms with Gasteiger partial charge in [0.05, 0.1) is 0 Å². The Morgan fingerprint density at radius 3 is 2.51 bits per heavy atom. The van der Waals surface area contributed by atoms with Gasteiger partial charge in [-0.2, -0.15) is 0 Å². The van der Waals surface area contributed by atoms with E-state index in [0.717, 1.165) is 41.4 Å². The van der Waals surface area contributed by atoms with Crippen LogP contribution >= 0.6 is 0 Å². The van der Waals surface area contributed by atoms with Gasteiger partial charge in [-0.15, -0.1) is 0 Å². The highest BCUT2D eigenvalue weighted by Crippen LogP contribution is 2.66. The second-order valence-corrected chi connectivity index (χ2v) is 14.0. The van der Waals surface area contributed by atoms with Gasteiger partial charge in [0.2, 0.25) is 0 Å². The summed E-state index contributed by atoms with van der Waals surface area (Å²) in [7, 11) is 0. The maximum Gasteiger partial charge on any atom is -0.0121 e. The van der Waals surface area contributed by atoms with Gasteiger partial charge in [-0.1, -0.05) is 70.9 Å². The minimum Gasteiger partial charge on any atom is -0.0998 e. The molecule has 0 radical (unpaired) electrons. The molecular formula is C35H54. The van der Waals surface area contributed by atoms with E-state index < -0.39 is 0 Å². The molecule has 0 N–H and O–H groups in total. The Kier molecular flexibility index (Phi) is 7.33. The predicted molar refractivity (Wildman–Crippen MR) is 152 cm³/mol. The molecule has 4 fully saturated rings. The summed E-state index contributed by atoms with van der Waals surface area (Å²) < 4.78 is 0. The van der Waals surface area contributed by atoms with Crippen molar-refractivity contribution in [2.75, 3.05) is 0 Å². The molecule has 0 aliphatic heterocycles. The first-order valence-corrected chi connectivity index (χ1v) is 15.6. The van der Waals surface area contributed by atoms with E-state index in [-0.39, 0.29) is 0 Å². The SMILES string of the molecule is C=C1C(C2=CCCC(C)C2)=C(C(CC)C(C)C2CC3CC(CC)(C3)C2C(=C)C)CC2CCCCC12. The van der Waals surface area contributed by atoms with E-state index in [2.05, 4.69) is 47.3 Å². The lowest BCUT2D eigenvalue weighted by atomic mass is 9.42. The Balaban J connectivity index is 1.54. The van der Waals surface area contributed by atoms with Crippen LogP contribution in [0.25, 0.3) is 0 Å². The summed E-state index contributed by atoms with van der Waals surface area (Å²) >= 11 is 0. The average Bonchev–Trinajstić information content (AvgIpc) is 2.83. The van der Waals surface area contributed by atoms with Gasteiger partial charge in [0.15, 0.2) is 0 Å². The van der Waals surface area contributed by atoms with Gasteiger partial charge in [-0.05, 0) is 147 Å². The number of hydrogen-bond donors (Lipinski definition) is 0. The second kappa shape index (κ2) is 10.0. The van der Waals surface area contributed by atoms with Crippen LogP contribution in [0.2, 0.25) is 0 Å². The number of allylic oxidation sites excluding steroid dienone is 6. The summed E-state index contributed by atoms with van der Waals surface area (Å²) in [6.45, 7) is 21.9. The van der Waals surface area contributed by atoms with Gasteiger partial charge in [0, 0.05) is 0 Å². The third-order valence-corrected chi connectivity index (χ3v) is 11.9. The minimum atomic E-state index is 0.565. The molecule has 2 bridgehead atoms. The summed E-state index contributed by atoms with van der Waals surface area (Å²) in [5.74, 6) is 6.41. The zero-order valence-electron chi connectivity index (χ0n) is 23.8. The van der Waals surface area contributed by atoms with Gasteiger partial charge in [0.1, 0.15) is 0 Å². The highest BCUT2D eigenvalue weighted by molar-refractivity contribution is 5.53.